The fourth-order valence-electron chi connectivity index (χ4n) is 4.93. The van der Waals surface area contributed by atoms with Gasteiger partial charge in [-0.2, -0.15) is 0 Å². The van der Waals surface area contributed by atoms with Crippen molar-refractivity contribution < 1.29 is 9.47 Å². The lowest BCUT2D eigenvalue weighted by Gasteiger charge is -2.33. The molecule has 2 aliphatic heterocycles. The van der Waals surface area contributed by atoms with Crippen LogP contribution in [0, 0.1) is 0 Å². The fraction of sp³-hybridized carbons (Fsp3) is 0.143. The van der Waals surface area contributed by atoms with Gasteiger partial charge >= 0.3 is 0 Å². The highest BCUT2D eigenvalue weighted by Gasteiger charge is 2.39. The first-order valence-electron chi connectivity index (χ1n) is 10.8. The second-order valence-corrected chi connectivity index (χ2v) is 9.39. The van der Waals surface area contributed by atoms with Crippen LogP contribution >= 0.6 is 0 Å². The normalized spacial score (nSPS) is 13.5. The zero-order chi connectivity index (χ0) is 21.2. The van der Waals surface area contributed by atoms with Crippen LogP contribution in [0.25, 0.3) is 11.1 Å². The van der Waals surface area contributed by atoms with E-state index in [0.29, 0.717) is 0 Å². The van der Waals surface area contributed by atoms with Gasteiger partial charge in [-0.3, -0.25) is 0 Å². The van der Waals surface area contributed by atoms with Crippen LogP contribution in [-0.2, 0) is 5.41 Å². The van der Waals surface area contributed by atoms with Crippen LogP contribution in [0.2, 0.25) is 0 Å². The molecule has 0 bridgehead atoms. The molecule has 0 aromatic heterocycles. The van der Waals surface area contributed by atoms with E-state index in [4.69, 9.17) is 9.47 Å². The molecule has 0 saturated heterocycles. The van der Waals surface area contributed by atoms with Crippen LogP contribution in [0.15, 0.2) is 84.9 Å². The van der Waals surface area contributed by atoms with Gasteiger partial charge in [-0.1, -0.05) is 81.4 Å². The molecule has 0 N–H and O–H groups in total. The minimum absolute atomic E-state index is 0.0640. The molecule has 2 aliphatic rings. The molecule has 0 radical (unpaired) electrons. The van der Waals surface area contributed by atoms with Crippen molar-refractivity contribution in [2.24, 2.45) is 0 Å². The van der Waals surface area contributed by atoms with Crippen molar-refractivity contribution >= 4 is 23.1 Å². The number of para-hydroxylation sites is 1. The Hall–Kier alpha value is -3.46. The first-order chi connectivity index (χ1) is 15.0. The smallest absolute Gasteiger partial charge is 0.260 e. The molecule has 4 aromatic rings. The van der Waals surface area contributed by atoms with Crippen molar-refractivity contribution in [2.45, 2.75) is 26.2 Å². The maximum atomic E-state index is 6.45. The number of fused-ring (bicyclic) bond motifs is 4. The molecule has 3 heteroatoms. The SMILES string of the molecule is CC(C)(C)c1ccccc1-c1ccc2c(c1)Oc1cccc3c1B2c1ccccc1O3. The molecule has 0 unspecified atom stereocenters. The molecule has 2 nitrogen and oxygen atoms in total. The predicted octanol–water partition coefficient (Wildman–Crippen LogP) is 5.38. The van der Waals surface area contributed by atoms with Gasteiger partial charge in [-0.05, 0) is 57.3 Å². The zero-order valence-corrected chi connectivity index (χ0v) is 18.0. The highest BCUT2D eigenvalue weighted by atomic mass is 16.5. The van der Waals surface area contributed by atoms with Crippen molar-refractivity contribution in [2.75, 3.05) is 0 Å². The number of rotatable bonds is 1. The second-order valence-electron chi connectivity index (χ2n) is 9.39. The van der Waals surface area contributed by atoms with E-state index >= 15 is 0 Å². The van der Waals surface area contributed by atoms with Gasteiger partial charge in [0.2, 0.25) is 0 Å². The first kappa shape index (κ1) is 18.3. The largest absolute Gasteiger partial charge is 0.458 e. The van der Waals surface area contributed by atoms with Crippen LogP contribution < -0.4 is 25.9 Å². The third kappa shape index (κ3) is 2.80. The Kier molecular flexibility index (Phi) is 3.85. The third-order valence-corrected chi connectivity index (χ3v) is 6.36. The Balaban J connectivity index is 1.55. The standard InChI is InChI=1S/C28H23BO2/c1-28(2,3)20-10-5-4-9-19(20)18-15-16-22-26(17-18)31-25-14-8-13-24-27(25)29(22)21-11-6-7-12-23(21)30-24/h4-17H,1-3H3. The van der Waals surface area contributed by atoms with Crippen LogP contribution in [0.5, 0.6) is 23.0 Å². The fourth-order valence-corrected chi connectivity index (χ4v) is 4.93. The van der Waals surface area contributed by atoms with Gasteiger partial charge in [0, 0.05) is 5.46 Å². The number of ether oxygens (including phenoxy) is 2. The average Bonchev–Trinajstić information content (AvgIpc) is 2.78. The molecule has 0 atom stereocenters. The molecule has 4 aromatic carbocycles. The summed E-state index contributed by atoms with van der Waals surface area (Å²) in [6, 6.07) is 29.7. The zero-order valence-electron chi connectivity index (χ0n) is 18.0. The van der Waals surface area contributed by atoms with E-state index in [1.54, 1.807) is 0 Å². The van der Waals surface area contributed by atoms with Gasteiger partial charge in [-0.15, -0.1) is 0 Å². The Bertz CT molecular complexity index is 1330. The number of hydrogen-bond donors (Lipinski definition) is 0. The summed E-state index contributed by atoms with van der Waals surface area (Å²) in [7, 11) is 0. The van der Waals surface area contributed by atoms with Crippen LogP contribution in [0.1, 0.15) is 26.3 Å². The molecule has 0 aliphatic carbocycles. The predicted molar refractivity (Wildman–Crippen MR) is 128 cm³/mol. The van der Waals surface area contributed by atoms with Crippen LogP contribution in [0.3, 0.4) is 0 Å². The molecule has 0 amide bonds. The van der Waals surface area contributed by atoms with Gasteiger partial charge in [0.1, 0.15) is 23.0 Å². The third-order valence-electron chi connectivity index (χ3n) is 6.36. The summed E-state index contributed by atoms with van der Waals surface area (Å²) in [5.74, 6) is 3.61. The van der Waals surface area contributed by atoms with Gasteiger partial charge in [0.05, 0.1) is 0 Å². The van der Waals surface area contributed by atoms with Crippen molar-refractivity contribution in [3.05, 3.63) is 90.5 Å². The summed E-state index contributed by atoms with van der Waals surface area (Å²) in [5, 5.41) is 0. The maximum Gasteiger partial charge on any atom is 0.260 e. The maximum absolute atomic E-state index is 6.45. The van der Waals surface area contributed by atoms with Gasteiger partial charge in [0.15, 0.2) is 0 Å². The molecule has 150 valence electrons. The number of hydrogen-bond acceptors (Lipinski definition) is 2. The molecule has 0 saturated carbocycles. The summed E-state index contributed by atoms with van der Waals surface area (Å²) in [6.45, 7) is 6.90. The van der Waals surface area contributed by atoms with E-state index in [-0.39, 0.29) is 12.1 Å². The van der Waals surface area contributed by atoms with E-state index in [1.165, 1.54) is 27.6 Å². The number of benzene rings is 4. The van der Waals surface area contributed by atoms with Gasteiger partial charge < -0.3 is 9.47 Å². The lowest BCUT2D eigenvalue weighted by Crippen LogP contribution is -2.57. The average molecular weight is 402 g/mol. The molecular weight excluding hydrogens is 379 g/mol. The summed E-state index contributed by atoms with van der Waals surface area (Å²) >= 11 is 0. The summed E-state index contributed by atoms with van der Waals surface area (Å²) in [6.07, 6.45) is 0. The Labute approximate surface area is 183 Å². The van der Waals surface area contributed by atoms with Crippen LogP contribution in [0.4, 0.5) is 0 Å². The van der Waals surface area contributed by atoms with Crippen molar-refractivity contribution in [3.63, 3.8) is 0 Å². The van der Waals surface area contributed by atoms with E-state index in [2.05, 4.69) is 75.4 Å². The first-order valence-corrected chi connectivity index (χ1v) is 10.8. The van der Waals surface area contributed by atoms with Gasteiger partial charge in [0.25, 0.3) is 6.71 Å². The Morgan fingerprint density at radius 1 is 0.613 bits per heavy atom. The highest BCUT2D eigenvalue weighted by molar-refractivity contribution is 6.98. The quantitative estimate of drug-likeness (QED) is 0.344. The minimum Gasteiger partial charge on any atom is -0.458 e. The van der Waals surface area contributed by atoms with E-state index < -0.39 is 0 Å². The monoisotopic (exact) mass is 402 g/mol. The summed E-state index contributed by atoms with van der Waals surface area (Å²) in [5.41, 5.74) is 7.34. The van der Waals surface area contributed by atoms with E-state index in [0.717, 1.165) is 28.5 Å². The minimum atomic E-state index is 0.0640. The van der Waals surface area contributed by atoms with Crippen molar-refractivity contribution in [1.82, 2.24) is 0 Å². The molecule has 2 heterocycles. The lowest BCUT2D eigenvalue weighted by molar-refractivity contribution is 0.464. The Morgan fingerprint density at radius 3 is 2.06 bits per heavy atom. The van der Waals surface area contributed by atoms with Gasteiger partial charge in [-0.25, -0.2) is 0 Å². The summed E-state index contributed by atoms with van der Waals surface area (Å²) < 4.78 is 12.7. The van der Waals surface area contributed by atoms with E-state index in [1.807, 2.05) is 30.3 Å². The molecule has 0 fully saturated rings. The molecular formula is C28H23BO2. The summed E-state index contributed by atoms with van der Waals surface area (Å²) in [4.78, 5) is 0. The lowest BCUT2D eigenvalue weighted by atomic mass is 9.35. The molecule has 0 spiro atoms. The van der Waals surface area contributed by atoms with E-state index in [9.17, 15) is 0 Å². The van der Waals surface area contributed by atoms with Crippen molar-refractivity contribution in [1.29, 1.82) is 0 Å². The van der Waals surface area contributed by atoms with Crippen LogP contribution in [-0.4, -0.2) is 6.71 Å². The highest BCUT2D eigenvalue weighted by Crippen LogP contribution is 2.38. The molecule has 31 heavy (non-hydrogen) atoms. The molecule has 6 rings (SSSR count). The Morgan fingerprint density at radius 2 is 1.26 bits per heavy atom. The van der Waals surface area contributed by atoms with Crippen molar-refractivity contribution in [3.8, 4) is 34.1 Å². The topological polar surface area (TPSA) is 18.5 Å². The second kappa shape index (κ2) is 6.52.